The van der Waals surface area contributed by atoms with E-state index in [1.807, 2.05) is 17.9 Å². The van der Waals surface area contributed by atoms with Gasteiger partial charge in [0.25, 0.3) is 0 Å². The van der Waals surface area contributed by atoms with Crippen LogP contribution in [-0.2, 0) is 30.2 Å². The van der Waals surface area contributed by atoms with Crippen LogP contribution < -0.4 is 0 Å². The third kappa shape index (κ3) is 2.58. The van der Waals surface area contributed by atoms with Crippen LogP contribution in [0.1, 0.15) is 56.0 Å². The van der Waals surface area contributed by atoms with Gasteiger partial charge in [-0.2, -0.15) is 10.3 Å². The number of aromatic nitrogens is 7. The molecular formula is C20H25N7O. The zero-order chi connectivity index (χ0) is 19.1. The molecule has 2 aliphatic rings. The maximum atomic E-state index is 6.34. The molecule has 0 saturated carbocycles. The Morgan fingerprint density at radius 2 is 2.11 bits per heavy atom. The van der Waals surface area contributed by atoms with Gasteiger partial charge in [0, 0.05) is 31.1 Å². The summed E-state index contributed by atoms with van der Waals surface area (Å²) in [5, 5.41) is 19.6. The van der Waals surface area contributed by atoms with E-state index in [-0.39, 0.29) is 0 Å². The molecule has 1 aliphatic carbocycles. The van der Waals surface area contributed by atoms with E-state index in [0.29, 0.717) is 5.82 Å². The smallest absolute Gasteiger partial charge is 0.207 e. The number of H-pyrrole nitrogens is 1. The molecule has 0 bridgehead atoms. The van der Waals surface area contributed by atoms with Crippen LogP contribution in [0, 0.1) is 0 Å². The van der Waals surface area contributed by atoms with Crippen LogP contribution in [0.4, 0.5) is 0 Å². The van der Waals surface area contributed by atoms with Gasteiger partial charge in [-0.05, 0) is 61.8 Å². The van der Waals surface area contributed by atoms with Crippen LogP contribution in [0.3, 0.4) is 0 Å². The highest BCUT2D eigenvalue weighted by Crippen LogP contribution is 2.47. The molecule has 0 radical (unpaired) electrons. The number of nitrogens with one attached hydrogen (secondary N) is 1. The van der Waals surface area contributed by atoms with Crippen LogP contribution in [0.5, 0.6) is 0 Å². The number of ether oxygens (including phenoxy) is 1. The van der Waals surface area contributed by atoms with Gasteiger partial charge >= 0.3 is 0 Å². The van der Waals surface area contributed by atoms with Gasteiger partial charge in [0.1, 0.15) is 5.60 Å². The molecule has 0 aromatic carbocycles. The van der Waals surface area contributed by atoms with Crippen molar-refractivity contribution in [2.45, 2.75) is 57.5 Å². The van der Waals surface area contributed by atoms with Crippen LogP contribution in [0.15, 0.2) is 12.3 Å². The summed E-state index contributed by atoms with van der Waals surface area (Å²) in [5.41, 5.74) is 6.20. The number of nitrogens with zero attached hydrogens (tertiary/aromatic N) is 6. The summed E-state index contributed by atoms with van der Waals surface area (Å²) in [4.78, 5) is 5.22. The third-order valence-electron chi connectivity index (χ3n) is 6.23. The van der Waals surface area contributed by atoms with Crippen molar-refractivity contribution in [1.29, 1.82) is 0 Å². The van der Waals surface area contributed by atoms with Crippen molar-refractivity contribution in [3.63, 3.8) is 0 Å². The van der Waals surface area contributed by atoms with Crippen LogP contribution in [0.2, 0.25) is 0 Å². The molecule has 3 aromatic heterocycles. The Bertz CT molecular complexity index is 986. The zero-order valence-corrected chi connectivity index (χ0v) is 16.4. The molecule has 28 heavy (non-hydrogen) atoms. The highest BCUT2D eigenvalue weighted by molar-refractivity contribution is 5.84. The van der Waals surface area contributed by atoms with E-state index >= 15 is 0 Å². The van der Waals surface area contributed by atoms with E-state index < -0.39 is 5.60 Å². The van der Waals surface area contributed by atoms with Gasteiger partial charge in [0.15, 0.2) is 0 Å². The van der Waals surface area contributed by atoms with Crippen molar-refractivity contribution in [3.8, 4) is 22.6 Å². The molecule has 0 spiro atoms. The first-order valence-electron chi connectivity index (χ1n) is 10.2. The second-order valence-corrected chi connectivity index (χ2v) is 7.72. The van der Waals surface area contributed by atoms with E-state index in [0.717, 1.165) is 61.2 Å². The van der Waals surface area contributed by atoms with Gasteiger partial charge in [0.2, 0.25) is 5.82 Å². The maximum Gasteiger partial charge on any atom is 0.207 e. The van der Waals surface area contributed by atoms with Crippen LogP contribution in [0.25, 0.3) is 22.6 Å². The quantitative estimate of drug-likeness (QED) is 0.749. The number of hydrogen-bond donors (Lipinski definition) is 1. The number of tetrazole rings is 1. The molecular weight excluding hydrogens is 354 g/mol. The molecule has 1 N–H and O–H groups in total. The Morgan fingerprint density at radius 3 is 2.79 bits per heavy atom. The first kappa shape index (κ1) is 17.5. The molecule has 146 valence electrons. The average Bonchev–Trinajstić information content (AvgIpc) is 3.48. The minimum absolute atomic E-state index is 0.393. The fourth-order valence-electron chi connectivity index (χ4n) is 4.79. The van der Waals surface area contributed by atoms with Gasteiger partial charge in [0.05, 0.1) is 17.0 Å². The Kier molecular flexibility index (Phi) is 4.23. The fourth-order valence-corrected chi connectivity index (χ4v) is 4.79. The average molecular weight is 379 g/mol. The molecule has 4 heterocycles. The topological polar surface area (TPSA) is 94.4 Å². The number of hydrogen-bond acceptors (Lipinski definition) is 6. The summed E-state index contributed by atoms with van der Waals surface area (Å²) in [5.74, 6) is 0.579. The second kappa shape index (κ2) is 6.77. The molecule has 8 heteroatoms. The molecule has 0 amide bonds. The predicted molar refractivity (Wildman–Crippen MR) is 103 cm³/mol. The molecule has 1 aliphatic heterocycles. The summed E-state index contributed by atoms with van der Waals surface area (Å²) in [7, 11) is 1.98. The second-order valence-electron chi connectivity index (χ2n) is 7.72. The van der Waals surface area contributed by atoms with Gasteiger partial charge in [-0.15, -0.1) is 10.2 Å². The minimum atomic E-state index is -0.393. The Balaban J connectivity index is 1.89. The molecule has 1 saturated heterocycles. The SMILES string of the molecule is CCC1(c2nc3c(c(-c4ccnn4C)c2-c2nn[nH]n2)CCCC3)CCCO1. The van der Waals surface area contributed by atoms with Crippen molar-refractivity contribution < 1.29 is 4.74 Å². The standard InChI is InChI=1S/C20H25N7O/c1-3-20(10-6-12-28-20)18-17(19-23-25-26-24-19)16(15-9-11-21-27(15)2)13-7-4-5-8-14(13)22-18/h9,11H,3-8,10,12H2,1-2H3,(H,23,24,25,26). The van der Waals surface area contributed by atoms with Gasteiger partial charge in [-0.3, -0.25) is 9.67 Å². The highest BCUT2D eigenvalue weighted by atomic mass is 16.5. The third-order valence-corrected chi connectivity index (χ3v) is 6.23. The number of pyridine rings is 1. The van der Waals surface area contributed by atoms with Gasteiger partial charge < -0.3 is 4.74 Å². The lowest BCUT2D eigenvalue weighted by molar-refractivity contribution is -0.00637. The number of fused-ring (bicyclic) bond motifs is 1. The molecule has 1 fully saturated rings. The predicted octanol–water partition coefficient (Wildman–Crippen LogP) is 2.96. The lowest BCUT2D eigenvalue weighted by Crippen LogP contribution is -2.28. The Labute approximate surface area is 163 Å². The van der Waals surface area contributed by atoms with Crippen LogP contribution in [-0.4, -0.2) is 42.0 Å². The van der Waals surface area contributed by atoms with E-state index in [1.165, 1.54) is 24.1 Å². The number of aromatic amines is 1. The number of rotatable bonds is 4. The first-order chi connectivity index (χ1) is 13.7. The maximum absolute atomic E-state index is 6.34. The monoisotopic (exact) mass is 379 g/mol. The molecule has 3 aromatic rings. The first-order valence-corrected chi connectivity index (χ1v) is 10.2. The molecule has 5 rings (SSSR count). The van der Waals surface area contributed by atoms with Crippen molar-refractivity contribution >= 4 is 0 Å². The lowest BCUT2D eigenvalue weighted by atomic mass is 9.82. The zero-order valence-electron chi connectivity index (χ0n) is 16.4. The summed E-state index contributed by atoms with van der Waals surface area (Å²) >= 11 is 0. The summed E-state index contributed by atoms with van der Waals surface area (Å²) in [6.45, 7) is 2.94. The van der Waals surface area contributed by atoms with Crippen LogP contribution >= 0.6 is 0 Å². The Morgan fingerprint density at radius 1 is 1.21 bits per heavy atom. The summed E-state index contributed by atoms with van der Waals surface area (Å²) in [6.07, 6.45) is 9.06. The van der Waals surface area contributed by atoms with E-state index in [9.17, 15) is 0 Å². The highest BCUT2D eigenvalue weighted by Gasteiger charge is 2.42. The molecule has 1 atom stereocenters. The van der Waals surface area contributed by atoms with E-state index in [4.69, 9.17) is 9.72 Å². The fraction of sp³-hybridized carbons (Fsp3) is 0.550. The Hall–Kier alpha value is -2.61. The van der Waals surface area contributed by atoms with Gasteiger partial charge in [-0.25, -0.2) is 0 Å². The summed E-state index contributed by atoms with van der Waals surface area (Å²) in [6, 6.07) is 2.06. The van der Waals surface area contributed by atoms with Crippen molar-refractivity contribution in [2.75, 3.05) is 6.61 Å². The minimum Gasteiger partial charge on any atom is -0.369 e. The van der Waals surface area contributed by atoms with E-state index in [1.54, 1.807) is 0 Å². The largest absolute Gasteiger partial charge is 0.369 e. The lowest BCUT2D eigenvalue weighted by Gasteiger charge is -2.32. The van der Waals surface area contributed by atoms with Gasteiger partial charge in [-0.1, -0.05) is 6.92 Å². The number of aryl methyl sites for hydroxylation is 2. The van der Waals surface area contributed by atoms with E-state index in [2.05, 4.69) is 38.7 Å². The summed E-state index contributed by atoms with van der Waals surface area (Å²) < 4.78 is 8.26. The molecule has 8 nitrogen and oxygen atoms in total. The van der Waals surface area contributed by atoms with Crippen molar-refractivity contribution in [1.82, 2.24) is 35.4 Å². The normalized spacial score (nSPS) is 21.8. The molecule has 1 unspecified atom stereocenters. The van der Waals surface area contributed by atoms with Crippen molar-refractivity contribution in [2.24, 2.45) is 7.05 Å². The van der Waals surface area contributed by atoms with Crippen molar-refractivity contribution in [3.05, 3.63) is 29.2 Å².